The van der Waals surface area contributed by atoms with E-state index in [2.05, 4.69) is 11.9 Å². The Morgan fingerprint density at radius 2 is 1.73 bits per heavy atom. The summed E-state index contributed by atoms with van der Waals surface area (Å²) >= 11 is 0. The van der Waals surface area contributed by atoms with Crippen molar-refractivity contribution in [3.63, 3.8) is 0 Å². The number of likely N-dealkylation sites (N-methyl/N-ethyl adjacent to an activating group) is 1. The second kappa shape index (κ2) is 5.31. The van der Waals surface area contributed by atoms with Crippen LogP contribution in [0.1, 0.15) is 44.9 Å². The molecular weight excluding hydrogens is 184 g/mol. The van der Waals surface area contributed by atoms with E-state index in [9.17, 15) is 0 Å². The van der Waals surface area contributed by atoms with Crippen molar-refractivity contribution in [1.82, 2.24) is 4.90 Å². The third-order valence-corrected chi connectivity index (χ3v) is 4.56. The van der Waals surface area contributed by atoms with Crippen LogP contribution >= 0.6 is 0 Å². The lowest BCUT2D eigenvalue weighted by Gasteiger charge is -2.21. The van der Waals surface area contributed by atoms with Crippen LogP contribution in [0.25, 0.3) is 0 Å². The van der Waals surface area contributed by atoms with Crippen LogP contribution in [0.5, 0.6) is 0 Å². The minimum absolute atomic E-state index is 0.665. The van der Waals surface area contributed by atoms with Gasteiger partial charge in [-0.05, 0) is 25.3 Å². The van der Waals surface area contributed by atoms with Crippen molar-refractivity contribution >= 4 is 0 Å². The smallest absolute Gasteiger partial charge is 0.0218 e. The Morgan fingerprint density at radius 3 is 2.27 bits per heavy atom. The van der Waals surface area contributed by atoms with E-state index in [1.807, 2.05) is 0 Å². The predicted molar refractivity (Wildman–Crippen MR) is 64.8 cm³/mol. The molecule has 15 heavy (non-hydrogen) atoms. The first-order valence-corrected chi connectivity index (χ1v) is 6.71. The Balaban J connectivity index is 1.88. The van der Waals surface area contributed by atoms with Crippen LogP contribution in [0.4, 0.5) is 0 Å². The van der Waals surface area contributed by atoms with E-state index in [1.165, 1.54) is 51.5 Å². The zero-order chi connectivity index (χ0) is 10.7. The topological polar surface area (TPSA) is 29.3 Å². The lowest BCUT2D eigenvalue weighted by atomic mass is 9.84. The Morgan fingerprint density at radius 1 is 1.07 bits per heavy atom. The number of likely N-dealkylation sites (tertiary alicyclic amines) is 1. The van der Waals surface area contributed by atoms with Gasteiger partial charge in [-0.1, -0.05) is 38.5 Å². The van der Waals surface area contributed by atoms with Crippen molar-refractivity contribution in [3.05, 3.63) is 0 Å². The van der Waals surface area contributed by atoms with Crippen molar-refractivity contribution < 1.29 is 0 Å². The number of nitrogens with zero attached hydrogens (tertiary/aromatic N) is 1. The van der Waals surface area contributed by atoms with E-state index in [1.54, 1.807) is 0 Å². The van der Waals surface area contributed by atoms with Crippen molar-refractivity contribution in [1.29, 1.82) is 0 Å². The van der Waals surface area contributed by atoms with Gasteiger partial charge >= 0.3 is 0 Å². The molecule has 1 saturated carbocycles. The molecule has 2 fully saturated rings. The van der Waals surface area contributed by atoms with E-state index in [0.717, 1.165) is 18.4 Å². The first kappa shape index (κ1) is 11.4. The Bertz CT molecular complexity index is 185. The molecule has 2 unspecified atom stereocenters. The maximum absolute atomic E-state index is 5.81. The number of rotatable bonds is 2. The van der Waals surface area contributed by atoms with Crippen molar-refractivity contribution in [2.45, 2.75) is 51.0 Å². The maximum atomic E-state index is 5.81. The van der Waals surface area contributed by atoms with Crippen LogP contribution in [0.3, 0.4) is 0 Å². The zero-order valence-electron chi connectivity index (χ0n) is 10.1. The minimum Gasteiger partial charge on any atom is -0.329 e. The SMILES string of the molecule is CN1CC(C2CCCCCC2)CC1CN. The molecule has 1 aliphatic heterocycles. The number of nitrogens with two attached hydrogens (primary N) is 1. The molecule has 2 rings (SSSR count). The summed E-state index contributed by atoms with van der Waals surface area (Å²) in [5.41, 5.74) is 5.81. The Labute approximate surface area is 94.2 Å². The highest BCUT2D eigenvalue weighted by Gasteiger charge is 2.33. The summed E-state index contributed by atoms with van der Waals surface area (Å²) in [6.45, 7) is 2.15. The fourth-order valence-electron chi connectivity index (χ4n) is 3.52. The molecule has 0 aromatic heterocycles. The maximum Gasteiger partial charge on any atom is 0.0218 e. The molecule has 0 spiro atoms. The lowest BCUT2D eigenvalue weighted by molar-refractivity contribution is 0.282. The number of hydrogen-bond acceptors (Lipinski definition) is 2. The lowest BCUT2D eigenvalue weighted by Crippen LogP contribution is -2.31. The van der Waals surface area contributed by atoms with Crippen LogP contribution in [-0.4, -0.2) is 31.1 Å². The van der Waals surface area contributed by atoms with Gasteiger partial charge in [-0.2, -0.15) is 0 Å². The van der Waals surface area contributed by atoms with E-state index in [4.69, 9.17) is 5.73 Å². The summed E-state index contributed by atoms with van der Waals surface area (Å²) in [5, 5.41) is 0. The van der Waals surface area contributed by atoms with Gasteiger partial charge in [0.25, 0.3) is 0 Å². The van der Waals surface area contributed by atoms with Gasteiger partial charge in [0.15, 0.2) is 0 Å². The molecule has 1 heterocycles. The molecule has 0 amide bonds. The molecule has 2 heteroatoms. The third kappa shape index (κ3) is 2.73. The number of hydrogen-bond donors (Lipinski definition) is 1. The van der Waals surface area contributed by atoms with E-state index in [-0.39, 0.29) is 0 Å². The van der Waals surface area contributed by atoms with E-state index >= 15 is 0 Å². The fraction of sp³-hybridized carbons (Fsp3) is 1.00. The van der Waals surface area contributed by atoms with Gasteiger partial charge in [-0.15, -0.1) is 0 Å². The van der Waals surface area contributed by atoms with E-state index < -0.39 is 0 Å². The van der Waals surface area contributed by atoms with Crippen LogP contribution in [0.2, 0.25) is 0 Å². The Kier molecular flexibility index (Phi) is 4.04. The predicted octanol–water partition coefficient (Wildman–Crippen LogP) is 2.24. The average molecular weight is 210 g/mol. The molecule has 0 bridgehead atoms. The fourth-order valence-corrected chi connectivity index (χ4v) is 3.52. The molecular formula is C13H26N2. The molecule has 2 nitrogen and oxygen atoms in total. The first-order chi connectivity index (χ1) is 7.31. The molecule has 0 aromatic rings. The summed E-state index contributed by atoms with van der Waals surface area (Å²) in [7, 11) is 2.24. The van der Waals surface area contributed by atoms with Crippen LogP contribution in [0.15, 0.2) is 0 Å². The van der Waals surface area contributed by atoms with Gasteiger partial charge in [-0.3, -0.25) is 0 Å². The molecule has 2 N–H and O–H groups in total. The molecule has 88 valence electrons. The Hall–Kier alpha value is -0.0800. The molecule has 0 radical (unpaired) electrons. The summed E-state index contributed by atoms with van der Waals surface area (Å²) in [5.74, 6) is 1.95. The highest BCUT2D eigenvalue weighted by atomic mass is 15.2. The molecule has 2 atom stereocenters. The van der Waals surface area contributed by atoms with Gasteiger partial charge in [0.2, 0.25) is 0 Å². The summed E-state index contributed by atoms with van der Waals surface area (Å²) in [4.78, 5) is 2.48. The molecule has 0 aromatic carbocycles. The van der Waals surface area contributed by atoms with E-state index in [0.29, 0.717) is 6.04 Å². The van der Waals surface area contributed by atoms with Crippen LogP contribution in [0, 0.1) is 11.8 Å². The third-order valence-electron chi connectivity index (χ3n) is 4.56. The summed E-state index contributed by atoms with van der Waals surface area (Å²) < 4.78 is 0. The van der Waals surface area contributed by atoms with Crippen LogP contribution in [-0.2, 0) is 0 Å². The van der Waals surface area contributed by atoms with Crippen molar-refractivity contribution in [2.75, 3.05) is 20.1 Å². The standard InChI is InChI=1S/C13H26N2/c1-15-10-12(8-13(15)9-14)11-6-4-2-3-5-7-11/h11-13H,2-10,14H2,1H3. The second-order valence-electron chi connectivity index (χ2n) is 5.58. The van der Waals surface area contributed by atoms with Gasteiger partial charge in [-0.25, -0.2) is 0 Å². The van der Waals surface area contributed by atoms with Gasteiger partial charge in [0.1, 0.15) is 0 Å². The molecule has 1 aliphatic carbocycles. The second-order valence-corrected chi connectivity index (χ2v) is 5.58. The molecule has 2 aliphatic rings. The summed E-state index contributed by atoms with van der Waals surface area (Å²) in [6, 6.07) is 0.665. The first-order valence-electron chi connectivity index (χ1n) is 6.71. The van der Waals surface area contributed by atoms with Gasteiger partial charge in [0, 0.05) is 19.1 Å². The van der Waals surface area contributed by atoms with Crippen LogP contribution < -0.4 is 5.73 Å². The monoisotopic (exact) mass is 210 g/mol. The largest absolute Gasteiger partial charge is 0.329 e. The van der Waals surface area contributed by atoms with Gasteiger partial charge < -0.3 is 10.6 Å². The molecule has 1 saturated heterocycles. The highest BCUT2D eigenvalue weighted by molar-refractivity contribution is 4.87. The summed E-state index contributed by atoms with van der Waals surface area (Å²) in [6.07, 6.45) is 10.2. The van der Waals surface area contributed by atoms with Gasteiger partial charge in [0.05, 0.1) is 0 Å². The quantitative estimate of drug-likeness (QED) is 0.708. The van der Waals surface area contributed by atoms with Crippen molar-refractivity contribution in [2.24, 2.45) is 17.6 Å². The average Bonchev–Trinajstić information content (AvgIpc) is 2.48. The zero-order valence-corrected chi connectivity index (χ0v) is 10.1. The minimum atomic E-state index is 0.665. The highest BCUT2D eigenvalue weighted by Crippen LogP contribution is 2.35. The normalized spacial score (nSPS) is 35.6. The van der Waals surface area contributed by atoms with Crippen molar-refractivity contribution in [3.8, 4) is 0 Å².